The lowest BCUT2D eigenvalue weighted by Crippen LogP contribution is -2.16. The summed E-state index contributed by atoms with van der Waals surface area (Å²) < 4.78 is 28.2. The Kier molecular flexibility index (Phi) is 6.51. The van der Waals surface area contributed by atoms with E-state index in [-0.39, 0.29) is 28.9 Å². The standard InChI is InChI=1S/C13H14Cl2O5S/c1-2-21(18,19)6-5-20-13-9(3-4-12(16)17)7-10(14)8-11(13)15/h3-4,7-8H,2,5-6H2,1H3,(H,16,17)/b4-3+. The van der Waals surface area contributed by atoms with Gasteiger partial charge < -0.3 is 9.84 Å². The second-order valence-corrected chi connectivity index (χ2v) is 7.38. The first-order chi connectivity index (χ1) is 9.75. The molecule has 1 aromatic rings. The minimum Gasteiger partial charge on any atom is -0.490 e. The second-order valence-electron chi connectivity index (χ2n) is 4.06. The van der Waals surface area contributed by atoms with Crippen LogP contribution in [0.25, 0.3) is 6.08 Å². The Labute approximate surface area is 133 Å². The van der Waals surface area contributed by atoms with Gasteiger partial charge in [-0.05, 0) is 18.2 Å². The van der Waals surface area contributed by atoms with Crippen molar-refractivity contribution in [1.29, 1.82) is 0 Å². The molecular weight excluding hydrogens is 339 g/mol. The van der Waals surface area contributed by atoms with Crippen LogP contribution >= 0.6 is 23.2 Å². The lowest BCUT2D eigenvalue weighted by molar-refractivity contribution is -0.131. The number of benzene rings is 1. The van der Waals surface area contributed by atoms with E-state index in [0.717, 1.165) is 6.08 Å². The summed E-state index contributed by atoms with van der Waals surface area (Å²) >= 11 is 11.8. The van der Waals surface area contributed by atoms with Gasteiger partial charge in [0.25, 0.3) is 0 Å². The van der Waals surface area contributed by atoms with Gasteiger partial charge in [0, 0.05) is 22.4 Å². The summed E-state index contributed by atoms with van der Waals surface area (Å²) in [6.45, 7) is 1.47. The fraction of sp³-hybridized carbons (Fsp3) is 0.308. The van der Waals surface area contributed by atoms with E-state index in [1.54, 1.807) is 6.92 Å². The fourth-order valence-electron chi connectivity index (χ4n) is 1.43. The zero-order valence-corrected chi connectivity index (χ0v) is 13.5. The molecule has 0 spiro atoms. The van der Waals surface area contributed by atoms with Crippen molar-refractivity contribution >= 4 is 45.1 Å². The zero-order chi connectivity index (χ0) is 16.0. The maximum Gasteiger partial charge on any atom is 0.328 e. The molecule has 0 aliphatic carbocycles. The number of carboxylic acids is 1. The molecule has 0 bridgehead atoms. The van der Waals surface area contributed by atoms with Crippen LogP contribution in [0.3, 0.4) is 0 Å². The second kappa shape index (κ2) is 7.68. The Hall–Kier alpha value is -1.24. The lowest BCUT2D eigenvalue weighted by Gasteiger charge is -2.11. The van der Waals surface area contributed by atoms with Crippen molar-refractivity contribution < 1.29 is 23.1 Å². The molecule has 21 heavy (non-hydrogen) atoms. The zero-order valence-electron chi connectivity index (χ0n) is 11.2. The Balaban J connectivity index is 2.97. The van der Waals surface area contributed by atoms with Crippen molar-refractivity contribution in [3.63, 3.8) is 0 Å². The van der Waals surface area contributed by atoms with Crippen LogP contribution in [0.1, 0.15) is 12.5 Å². The van der Waals surface area contributed by atoms with Crippen molar-refractivity contribution in [3.8, 4) is 5.75 Å². The molecule has 1 rings (SSSR count). The van der Waals surface area contributed by atoms with Gasteiger partial charge in [0.15, 0.2) is 9.84 Å². The molecule has 5 nitrogen and oxygen atoms in total. The smallest absolute Gasteiger partial charge is 0.328 e. The van der Waals surface area contributed by atoms with Crippen LogP contribution < -0.4 is 4.74 Å². The average molecular weight is 353 g/mol. The minimum atomic E-state index is -3.16. The number of aliphatic carboxylic acids is 1. The van der Waals surface area contributed by atoms with Gasteiger partial charge in [-0.2, -0.15) is 0 Å². The lowest BCUT2D eigenvalue weighted by atomic mass is 10.2. The quantitative estimate of drug-likeness (QED) is 0.763. The SMILES string of the molecule is CCS(=O)(=O)CCOc1c(Cl)cc(Cl)cc1/C=C/C(=O)O. The molecule has 0 aliphatic rings. The van der Waals surface area contributed by atoms with Crippen LogP contribution in [0, 0.1) is 0 Å². The Morgan fingerprint density at radius 2 is 2.05 bits per heavy atom. The van der Waals surface area contributed by atoms with Crippen molar-refractivity contribution in [2.75, 3.05) is 18.1 Å². The van der Waals surface area contributed by atoms with E-state index in [2.05, 4.69) is 0 Å². The van der Waals surface area contributed by atoms with Gasteiger partial charge in [-0.1, -0.05) is 30.1 Å². The number of sulfone groups is 1. The van der Waals surface area contributed by atoms with E-state index >= 15 is 0 Å². The van der Waals surface area contributed by atoms with Gasteiger partial charge in [0.05, 0.1) is 10.8 Å². The molecule has 0 heterocycles. The molecule has 0 fully saturated rings. The first-order valence-electron chi connectivity index (χ1n) is 5.98. The molecule has 0 unspecified atom stereocenters. The predicted molar refractivity (Wildman–Crippen MR) is 83.0 cm³/mol. The normalized spacial score (nSPS) is 11.8. The molecule has 0 atom stereocenters. The summed E-state index contributed by atoms with van der Waals surface area (Å²) in [4.78, 5) is 10.6. The molecule has 1 aromatic carbocycles. The van der Waals surface area contributed by atoms with E-state index in [0.29, 0.717) is 10.6 Å². The summed E-state index contributed by atoms with van der Waals surface area (Å²) in [7, 11) is -3.16. The summed E-state index contributed by atoms with van der Waals surface area (Å²) in [6.07, 6.45) is 2.20. The maximum absolute atomic E-state index is 11.4. The summed E-state index contributed by atoms with van der Waals surface area (Å²) in [5, 5.41) is 9.15. The average Bonchev–Trinajstić information content (AvgIpc) is 2.38. The van der Waals surface area contributed by atoms with Crippen molar-refractivity contribution in [1.82, 2.24) is 0 Å². The molecule has 1 N–H and O–H groups in total. The van der Waals surface area contributed by atoms with Crippen molar-refractivity contribution in [2.45, 2.75) is 6.92 Å². The van der Waals surface area contributed by atoms with Crippen molar-refractivity contribution in [2.24, 2.45) is 0 Å². The molecule has 8 heteroatoms. The largest absolute Gasteiger partial charge is 0.490 e. The van der Waals surface area contributed by atoms with Crippen LogP contribution in [0.5, 0.6) is 5.75 Å². The molecule has 0 amide bonds. The van der Waals surface area contributed by atoms with Gasteiger partial charge in [-0.25, -0.2) is 13.2 Å². The summed E-state index contributed by atoms with van der Waals surface area (Å²) in [5.74, 6) is -1.06. The third-order valence-corrected chi connectivity index (χ3v) is 4.69. The first-order valence-corrected chi connectivity index (χ1v) is 8.56. The topological polar surface area (TPSA) is 80.7 Å². The number of halogens is 2. The highest BCUT2D eigenvalue weighted by Crippen LogP contribution is 2.33. The predicted octanol–water partition coefficient (Wildman–Crippen LogP) is 2.90. The van der Waals surface area contributed by atoms with E-state index in [1.807, 2.05) is 0 Å². The van der Waals surface area contributed by atoms with Crippen LogP contribution in [-0.2, 0) is 14.6 Å². The van der Waals surface area contributed by atoms with Crippen LogP contribution in [-0.4, -0.2) is 37.6 Å². The molecule has 0 saturated heterocycles. The molecule has 0 radical (unpaired) electrons. The number of hydrogen-bond donors (Lipinski definition) is 1. The molecular formula is C13H14Cl2O5S. The number of carboxylic acid groups (broad SMARTS) is 1. The van der Waals surface area contributed by atoms with Gasteiger partial charge >= 0.3 is 5.97 Å². The van der Waals surface area contributed by atoms with Crippen LogP contribution in [0.4, 0.5) is 0 Å². The Bertz CT molecular complexity index is 653. The number of hydrogen-bond acceptors (Lipinski definition) is 4. The Morgan fingerprint density at radius 1 is 1.38 bits per heavy atom. The van der Waals surface area contributed by atoms with E-state index in [9.17, 15) is 13.2 Å². The summed E-state index contributed by atoms with van der Waals surface area (Å²) in [6, 6.07) is 2.92. The molecule has 116 valence electrons. The first kappa shape index (κ1) is 17.8. The maximum atomic E-state index is 11.4. The van der Waals surface area contributed by atoms with Crippen molar-refractivity contribution in [3.05, 3.63) is 33.8 Å². The third-order valence-electron chi connectivity index (χ3n) is 2.52. The monoisotopic (exact) mass is 352 g/mol. The molecule has 0 aromatic heterocycles. The highest BCUT2D eigenvalue weighted by Gasteiger charge is 2.12. The third kappa shape index (κ3) is 5.95. The van der Waals surface area contributed by atoms with Gasteiger partial charge in [0.2, 0.25) is 0 Å². The minimum absolute atomic E-state index is 0.0243. The van der Waals surface area contributed by atoms with E-state index in [4.69, 9.17) is 33.0 Å². The fourth-order valence-corrected chi connectivity index (χ4v) is 2.62. The Morgan fingerprint density at radius 3 is 2.62 bits per heavy atom. The number of rotatable bonds is 7. The van der Waals surface area contributed by atoms with Gasteiger partial charge in [0.1, 0.15) is 12.4 Å². The highest BCUT2D eigenvalue weighted by atomic mass is 35.5. The molecule has 0 aliphatic heterocycles. The van der Waals surface area contributed by atoms with Crippen LogP contribution in [0.2, 0.25) is 10.0 Å². The van der Waals surface area contributed by atoms with Crippen LogP contribution in [0.15, 0.2) is 18.2 Å². The summed E-state index contributed by atoms with van der Waals surface area (Å²) in [5.41, 5.74) is 0.365. The van der Waals surface area contributed by atoms with E-state index in [1.165, 1.54) is 18.2 Å². The highest BCUT2D eigenvalue weighted by molar-refractivity contribution is 7.91. The van der Waals surface area contributed by atoms with Gasteiger partial charge in [-0.3, -0.25) is 0 Å². The van der Waals surface area contributed by atoms with E-state index < -0.39 is 15.8 Å². The number of ether oxygens (including phenoxy) is 1. The molecule has 0 saturated carbocycles. The number of carbonyl (C=O) groups is 1. The van der Waals surface area contributed by atoms with Gasteiger partial charge in [-0.15, -0.1) is 0 Å².